The summed E-state index contributed by atoms with van der Waals surface area (Å²) in [5.74, 6) is -0.670. The molecule has 0 aliphatic heterocycles. The van der Waals surface area contributed by atoms with E-state index < -0.39 is 11.7 Å². The molecule has 0 aromatic carbocycles. The summed E-state index contributed by atoms with van der Waals surface area (Å²) in [4.78, 5) is 20.3. The van der Waals surface area contributed by atoms with Crippen LogP contribution in [-0.2, 0) is 4.79 Å². The van der Waals surface area contributed by atoms with Crippen molar-refractivity contribution in [3.05, 3.63) is 52.2 Å². The van der Waals surface area contributed by atoms with Gasteiger partial charge in [0.25, 0.3) is 0 Å². The lowest BCUT2D eigenvalue weighted by Gasteiger charge is -2.10. The van der Waals surface area contributed by atoms with Gasteiger partial charge < -0.3 is 15.8 Å². The molecular weight excluding hydrogens is 515 g/mol. The molecule has 2 rings (SSSR count). The largest absolute Gasteiger partial charge is 0.343 e. The third kappa shape index (κ3) is 7.07. The fourth-order valence-corrected chi connectivity index (χ4v) is 3.21. The molecule has 6 nitrogen and oxygen atoms in total. The minimum Gasteiger partial charge on any atom is -0.343 e. The van der Waals surface area contributed by atoms with E-state index in [2.05, 4.69) is 42.4 Å². The van der Waals surface area contributed by atoms with Crippen LogP contribution in [-0.4, -0.2) is 21.6 Å². The van der Waals surface area contributed by atoms with E-state index in [0.29, 0.717) is 34.2 Å². The highest BCUT2D eigenvalue weighted by Crippen LogP contribution is 2.27. The second-order valence-corrected chi connectivity index (χ2v) is 7.70. The summed E-state index contributed by atoms with van der Waals surface area (Å²) in [5, 5.41) is 13.8. The Bertz CT molecular complexity index is 895. The molecule has 0 radical (unpaired) electrons. The van der Waals surface area contributed by atoms with E-state index in [0.717, 1.165) is 0 Å². The number of nitrogens with one attached hydrogen (secondary N) is 3. The first-order valence-electron chi connectivity index (χ1n) is 8.30. The predicted octanol–water partition coefficient (Wildman–Crippen LogP) is 6.00. The normalized spacial score (nSPS) is 10.7. The van der Waals surface area contributed by atoms with Crippen LogP contribution in [0, 0.1) is 18.2 Å². The van der Waals surface area contributed by atoms with E-state index in [1.165, 1.54) is 24.4 Å². The zero-order valence-corrected chi connectivity index (χ0v) is 19.7. The molecule has 2 aromatic heterocycles. The van der Waals surface area contributed by atoms with Crippen molar-refractivity contribution in [2.45, 2.75) is 27.7 Å². The molecule has 10 heteroatoms. The highest BCUT2D eigenvalue weighted by Gasteiger charge is 2.12. The first-order chi connectivity index (χ1) is 13.3. The summed E-state index contributed by atoms with van der Waals surface area (Å²) in [6.07, 6.45) is 4.25. The number of hydrogen-bond donors (Lipinski definition) is 3. The third-order valence-corrected chi connectivity index (χ3v) is 4.62. The maximum atomic E-state index is 14.2. The Balaban J connectivity index is 0.00000190. The van der Waals surface area contributed by atoms with E-state index in [9.17, 15) is 9.18 Å². The topological polar surface area (TPSA) is 90.8 Å². The summed E-state index contributed by atoms with van der Waals surface area (Å²) < 4.78 is 14.2. The van der Waals surface area contributed by atoms with Crippen molar-refractivity contribution >= 4 is 69.2 Å². The molecule has 0 spiro atoms. The van der Waals surface area contributed by atoms with E-state index in [1.807, 2.05) is 13.8 Å². The number of aryl methyl sites for hydroxylation is 1. The number of carbonyl (C=O) groups excluding carboxylic acids is 1. The summed E-state index contributed by atoms with van der Waals surface area (Å²) in [7, 11) is 0. The Kier molecular flexibility index (Phi) is 10.5. The maximum Gasteiger partial charge on any atom is 0.248 e. The monoisotopic (exact) mass is 535 g/mol. The molecule has 1 unspecified atom stereocenters. The van der Waals surface area contributed by atoms with Gasteiger partial charge in [-0.2, -0.15) is 0 Å². The Labute approximate surface area is 183 Å². The average Bonchev–Trinajstić information content (AvgIpc) is 2.66. The zero-order valence-electron chi connectivity index (χ0n) is 15.8. The van der Waals surface area contributed by atoms with Crippen LogP contribution in [0.5, 0.6) is 0 Å². The average molecular weight is 536 g/mol. The molecule has 0 saturated carbocycles. The number of pyridine rings is 2. The van der Waals surface area contributed by atoms with E-state index in [4.69, 9.17) is 17.0 Å². The van der Waals surface area contributed by atoms with Crippen LogP contribution >= 0.6 is 40.0 Å². The van der Waals surface area contributed by atoms with Gasteiger partial charge >= 0.3 is 0 Å². The lowest BCUT2D eigenvalue weighted by atomic mass is 10.1. The van der Waals surface area contributed by atoms with E-state index in [1.54, 1.807) is 19.9 Å². The van der Waals surface area contributed by atoms with Crippen molar-refractivity contribution in [2.24, 2.45) is 0 Å². The summed E-state index contributed by atoms with van der Waals surface area (Å²) in [6, 6.07) is 2.82. The number of hydrogen-bond acceptors (Lipinski definition) is 5. The fraction of sp³-hybridized carbons (Fsp3) is 0.222. The third-order valence-electron chi connectivity index (χ3n) is 3.28. The number of rotatable bonds is 6. The van der Waals surface area contributed by atoms with Crippen LogP contribution in [0.15, 0.2) is 24.4 Å². The molecule has 3 N–H and O–H groups in total. The minimum absolute atomic E-state index is 0.00300. The molecule has 2 heterocycles. The van der Waals surface area contributed by atoms with Crippen molar-refractivity contribution in [3.8, 4) is 0 Å². The predicted molar refractivity (Wildman–Crippen MR) is 126 cm³/mol. The van der Waals surface area contributed by atoms with Crippen LogP contribution in [0.2, 0.25) is 5.02 Å². The molecule has 150 valence electrons. The first kappa shape index (κ1) is 24.4. The van der Waals surface area contributed by atoms with Crippen LogP contribution in [0.4, 0.5) is 15.9 Å². The van der Waals surface area contributed by atoms with Gasteiger partial charge in [0, 0.05) is 29.9 Å². The Hall–Kier alpha value is -1.64. The molecule has 0 bridgehead atoms. The molecule has 0 aliphatic rings. The van der Waals surface area contributed by atoms with Crippen molar-refractivity contribution in [3.63, 3.8) is 0 Å². The lowest BCUT2D eigenvalue weighted by molar-refractivity contribution is -0.111. The minimum atomic E-state index is -0.612. The number of aromatic nitrogens is 2. The van der Waals surface area contributed by atoms with Gasteiger partial charge in [-0.25, -0.2) is 9.37 Å². The SMILES string of the molecule is CC.CC(=N)c1cc(F)c(/C=C/C(=O)Nc2cc(Cl)cnc2C)nc1NPI. The summed E-state index contributed by atoms with van der Waals surface area (Å²) >= 11 is 7.98. The van der Waals surface area contributed by atoms with E-state index >= 15 is 0 Å². The molecule has 0 fully saturated rings. The summed E-state index contributed by atoms with van der Waals surface area (Å²) in [5.41, 5.74) is 1.67. The highest BCUT2D eigenvalue weighted by molar-refractivity contribution is 14.2. The van der Waals surface area contributed by atoms with Gasteiger partial charge in [-0.3, -0.25) is 9.78 Å². The number of amides is 1. The van der Waals surface area contributed by atoms with Crippen LogP contribution in [0.25, 0.3) is 6.08 Å². The second-order valence-electron chi connectivity index (χ2n) is 5.21. The molecule has 0 saturated heterocycles. The van der Waals surface area contributed by atoms with Gasteiger partial charge in [-0.1, -0.05) is 25.4 Å². The van der Waals surface area contributed by atoms with Gasteiger partial charge in [0.1, 0.15) is 17.3 Å². The van der Waals surface area contributed by atoms with Gasteiger partial charge in [-0.05, 0) is 54.1 Å². The van der Waals surface area contributed by atoms with Gasteiger partial charge in [-0.15, -0.1) is 0 Å². The second kappa shape index (κ2) is 12.0. The van der Waals surface area contributed by atoms with Crippen molar-refractivity contribution < 1.29 is 9.18 Å². The Morgan fingerprint density at radius 2 is 2.07 bits per heavy atom. The number of nitrogens with zero attached hydrogens (tertiary/aromatic N) is 2. The molecule has 1 amide bonds. The lowest BCUT2D eigenvalue weighted by Crippen LogP contribution is -2.10. The zero-order chi connectivity index (χ0) is 21.3. The first-order valence-corrected chi connectivity index (χ1v) is 12.8. The fourth-order valence-electron chi connectivity index (χ4n) is 2.01. The van der Waals surface area contributed by atoms with Gasteiger partial charge in [0.05, 0.1) is 16.4 Å². The maximum absolute atomic E-state index is 14.2. The summed E-state index contributed by atoms with van der Waals surface area (Å²) in [6.45, 7) is 7.29. The molecule has 0 aliphatic carbocycles. The highest BCUT2D eigenvalue weighted by atomic mass is 127. The molecule has 1 atom stereocenters. The Morgan fingerprint density at radius 1 is 1.39 bits per heavy atom. The van der Waals surface area contributed by atoms with Crippen molar-refractivity contribution in [1.29, 1.82) is 5.41 Å². The quantitative estimate of drug-likeness (QED) is 0.183. The molecule has 2 aromatic rings. The van der Waals surface area contributed by atoms with E-state index in [-0.39, 0.29) is 11.4 Å². The number of carbonyl (C=O) groups is 1. The van der Waals surface area contributed by atoms with Crippen LogP contribution in [0.1, 0.15) is 37.7 Å². The standard InChI is InChI=1S/C16H15ClFIN5OP.C2H6/c1-8(20)11-6-12(18)13(23-16(11)24-26-19)3-4-15(25)22-14-5-10(17)7-21-9(14)2;1-2/h3-7,20,26H,1-2H3,(H,22,25)(H,23,24);1-2H3/b4-3+,20-8?;. The van der Waals surface area contributed by atoms with Crippen LogP contribution < -0.4 is 10.4 Å². The number of anilines is 2. The Morgan fingerprint density at radius 3 is 2.68 bits per heavy atom. The molecule has 28 heavy (non-hydrogen) atoms. The van der Waals surface area contributed by atoms with Gasteiger partial charge in [0.2, 0.25) is 5.91 Å². The molecular formula is C18H21ClFIN5OP. The number of halogens is 3. The smallest absolute Gasteiger partial charge is 0.248 e. The van der Waals surface area contributed by atoms with Crippen molar-refractivity contribution in [2.75, 3.05) is 10.4 Å². The van der Waals surface area contributed by atoms with Crippen molar-refractivity contribution in [1.82, 2.24) is 9.97 Å². The van der Waals surface area contributed by atoms with Crippen LogP contribution in [0.3, 0.4) is 0 Å². The van der Waals surface area contributed by atoms with Gasteiger partial charge in [0.15, 0.2) is 0 Å².